The molecule has 0 saturated heterocycles. The Labute approximate surface area is 173 Å². The zero-order chi connectivity index (χ0) is 19.5. The van der Waals surface area contributed by atoms with Crippen molar-refractivity contribution in [1.29, 1.82) is 0 Å². The van der Waals surface area contributed by atoms with Crippen LogP contribution >= 0.6 is 22.7 Å². The molecular formula is C21H27N3O2S2. The normalized spacial score (nSPS) is 20.4. The molecule has 150 valence electrons. The molecule has 1 saturated carbocycles. The van der Waals surface area contributed by atoms with E-state index in [1.807, 2.05) is 17.5 Å². The molecule has 0 radical (unpaired) electrons. The Morgan fingerprint density at radius 1 is 1.18 bits per heavy atom. The van der Waals surface area contributed by atoms with Crippen LogP contribution in [0.2, 0.25) is 0 Å². The summed E-state index contributed by atoms with van der Waals surface area (Å²) in [6, 6.07) is 5.73. The molecule has 0 bridgehead atoms. The molecule has 2 atom stereocenters. The second-order valence-corrected chi connectivity index (χ2v) is 10.1. The Hall–Kier alpha value is -1.86. The van der Waals surface area contributed by atoms with E-state index in [1.165, 1.54) is 34.6 Å². The van der Waals surface area contributed by atoms with Gasteiger partial charge in [-0.25, -0.2) is 10.2 Å². The number of hydrazine groups is 1. The Balaban J connectivity index is 1.34. The molecule has 3 amide bonds. The van der Waals surface area contributed by atoms with E-state index in [1.54, 1.807) is 22.7 Å². The zero-order valence-corrected chi connectivity index (χ0v) is 17.8. The summed E-state index contributed by atoms with van der Waals surface area (Å²) in [5, 5.41) is 5.11. The summed E-state index contributed by atoms with van der Waals surface area (Å²) in [5.41, 5.74) is 6.41. The van der Waals surface area contributed by atoms with E-state index in [9.17, 15) is 9.59 Å². The van der Waals surface area contributed by atoms with Gasteiger partial charge in [0.05, 0.1) is 10.9 Å². The lowest BCUT2D eigenvalue weighted by molar-refractivity contribution is 0.0939. The first kappa shape index (κ1) is 19.5. The first-order valence-corrected chi connectivity index (χ1v) is 11.8. The third-order valence-electron chi connectivity index (χ3n) is 5.85. The molecular weight excluding hydrogens is 390 g/mol. The maximum Gasteiger partial charge on any atom is 0.334 e. The first-order chi connectivity index (χ1) is 13.6. The van der Waals surface area contributed by atoms with Gasteiger partial charge in [-0.2, -0.15) is 0 Å². The van der Waals surface area contributed by atoms with Crippen LogP contribution < -0.4 is 16.2 Å². The number of rotatable bonds is 4. The van der Waals surface area contributed by atoms with Crippen molar-refractivity contribution in [1.82, 2.24) is 16.2 Å². The van der Waals surface area contributed by atoms with Crippen molar-refractivity contribution in [2.75, 3.05) is 0 Å². The Morgan fingerprint density at radius 2 is 2.00 bits per heavy atom. The van der Waals surface area contributed by atoms with Crippen LogP contribution in [0.5, 0.6) is 0 Å². The third-order valence-corrected chi connectivity index (χ3v) is 8.04. The SMILES string of the molecule is CC1CCc2sc(C(=O)NNC(=O)NC(c3cccs3)C3CCCC3)cc2C1. The number of carbonyl (C=O) groups excluding carboxylic acids is 2. The highest BCUT2D eigenvalue weighted by Gasteiger charge is 2.28. The third kappa shape index (κ3) is 4.41. The maximum absolute atomic E-state index is 12.5. The Kier molecular flexibility index (Phi) is 6.01. The highest BCUT2D eigenvalue weighted by molar-refractivity contribution is 7.14. The second-order valence-electron chi connectivity index (χ2n) is 8.00. The molecule has 0 aromatic carbocycles. The summed E-state index contributed by atoms with van der Waals surface area (Å²) in [5.74, 6) is 0.897. The molecule has 28 heavy (non-hydrogen) atoms. The lowest BCUT2D eigenvalue weighted by Gasteiger charge is -2.24. The van der Waals surface area contributed by atoms with Gasteiger partial charge >= 0.3 is 6.03 Å². The molecule has 4 rings (SSSR count). The molecule has 2 unspecified atom stereocenters. The molecule has 1 fully saturated rings. The molecule has 2 heterocycles. The van der Waals surface area contributed by atoms with Gasteiger partial charge in [0, 0.05) is 9.75 Å². The van der Waals surface area contributed by atoms with Gasteiger partial charge in [0.15, 0.2) is 0 Å². The van der Waals surface area contributed by atoms with Crippen LogP contribution in [-0.2, 0) is 12.8 Å². The monoisotopic (exact) mass is 417 g/mol. The van der Waals surface area contributed by atoms with Gasteiger partial charge in [-0.05, 0) is 67.0 Å². The molecule has 2 aliphatic rings. The topological polar surface area (TPSA) is 70.2 Å². The summed E-state index contributed by atoms with van der Waals surface area (Å²) < 4.78 is 0. The minimum absolute atomic E-state index is 0.00920. The molecule has 3 N–H and O–H groups in total. The van der Waals surface area contributed by atoms with E-state index < -0.39 is 0 Å². The quantitative estimate of drug-likeness (QED) is 0.625. The largest absolute Gasteiger partial charge is 0.334 e. The number of urea groups is 1. The van der Waals surface area contributed by atoms with Crippen molar-refractivity contribution in [3.63, 3.8) is 0 Å². The van der Waals surface area contributed by atoms with Crippen LogP contribution in [0.15, 0.2) is 23.6 Å². The number of thiophene rings is 2. The summed E-state index contributed by atoms with van der Waals surface area (Å²) in [6.45, 7) is 2.25. The van der Waals surface area contributed by atoms with Gasteiger partial charge in [-0.15, -0.1) is 22.7 Å². The number of aryl methyl sites for hydroxylation is 1. The number of hydrogen-bond acceptors (Lipinski definition) is 4. The average molecular weight is 418 g/mol. The highest BCUT2D eigenvalue weighted by Crippen LogP contribution is 2.37. The van der Waals surface area contributed by atoms with Gasteiger partial charge in [0.2, 0.25) is 0 Å². The minimum atomic E-state index is -0.353. The molecule has 0 aliphatic heterocycles. The predicted octanol–water partition coefficient (Wildman–Crippen LogP) is 4.81. The van der Waals surface area contributed by atoms with E-state index in [-0.39, 0.29) is 18.0 Å². The van der Waals surface area contributed by atoms with Crippen LogP contribution in [0.1, 0.15) is 70.1 Å². The maximum atomic E-state index is 12.5. The standard InChI is InChI=1S/C21H27N3O2S2/c1-13-8-9-16-15(11-13)12-18(28-16)20(25)23-24-21(26)22-19(14-5-2-3-6-14)17-7-4-10-27-17/h4,7,10,12-14,19H,2-3,5-6,8-9,11H2,1H3,(H,23,25)(H2,22,24,26). The molecule has 2 aromatic heterocycles. The van der Waals surface area contributed by atoms with Gasteiger partial charge < -0.3 is 5.32 Å². The summed E-state index contributed by atoms with van der Waals surface area (Å²) in [7, 11) is 0. The lowest BCUT2D eigenvalue weighted by Crippen LogP contribution is -2.48. The van der Waals surface area contributed by atoms with Crippen LogP contribution in [0, 0.1) is 11.8 Å². The highest BCUT2D eigenvalue weighted by atomic mass is 32.1. The average Bonchev–Trinajstić information content (AvgIpc) is 3.45. The van der Waals surface area contributed by atoms with Crippen LogP contribution in [0.25, 0.3) is 0 Å². The fourth-order valence-corrected chi connectivity index (χ4v) is 6.32. The van der Waals surface area contributed by atoms with Crippen molar-refractivity contribution in [2.24, 2.45) is 11.8 Å². The van der Waals surface area contributed by atoms with E-state index in [0.29, 0.717) is 16.7 Å². The molecule has 2 aliphatic carbocycles. The Morgan fingerprint density at radius 3 is 2.75 bits per heavy atom. The predicted molar refractivity (Wildman–Crippen MR) is 114 cm³/mol. The van der Waals surface area contributed by atoms with Crippen molar-refractivity contribution in [3.05, 3.63) is 43.8 Å². The fraction of sp³-hybridized carbons (Fsp3) is 0.524. The fourth-order valence-electron chi connectivity index (χ4n) is 4.35. The first-order valence-electron chi connectivity index (χ1n) is 10.1. The van der Waals surface area contributed by atoms with Crippen molar-refractivity contribution in [3.8, 4) is 0 Å². The molecule has 5 nitrogen and oxygen atoms in total. The number of amides is 3. The van der Waals surface area contributed by atoms with Crippen LogP contribution in [0.3, 0.4) is 0 Å². The summed E-state index contributed by atoms with van der Waals surface area (Å²) in [6.07, 6.45) is 7.97. The van der Waals surface area contributed by atoms with Crippen LogP contribution in [-0.4, -0.2) is 11.9 Å². The number of nitrogens with one attached hydrogen (secondary N) is 3. The minimum Gasteiger partial charge on any atom is -0.329 e. The second kappa shape index (κ2) is 8.66. The Bertz CT molecular complexity index is 825. The molecule has 7 heteroatoms. The zero-order valence-electron chi connectivity index (χ0n) is 16.1. The summed E-state index contributed by atoms with van der Waals surface area (Å²) >= 11 is 3.22. The van der Waals surface area contributed by atoms with Gasteiger partial charge in [-0.1, -0.05) is 25.8 Å². The number of fused-ring (bicyclic) bond motifs is 1. The van der Waals surface area contributed by atoms with Crippen molar-refractivity contribution >= 4 is 34.6 Å². The van der Waals surface area contributed by atoms with Crippen molar-refractivity contribution < 1.29 is 9.59 Å². The lowest BCUT2D eigenvalue weighted by atomic mass is 9.90. The van der Waals surface area contributed by atoms with E-state index >= 15 is 0 Å². The van der Waals surface area contributed by atoms with Gasteiger partial charge in [0.25, 0.3) is 5.91 Å². The molecule has 0 spiro atoms. The van der Waals surface area contributed by atoms with Crippen LogP contribution in [0.4, 0.5) is 4.79 Å². The van der Waals surface area contributed by atoms with Gasteiger partial charge in [-0.3, -0.25) is 10.2 Å². The molecule has 2 aromatic rings. The number of carbonyl (C=O) groups is 2. The van der Waals surface area contributed by atoms with Gasteiger partial charge in [0.1, 0.15) is 0 Å². The number of hydrogen-bond donors (Lipinski definition) is 3. The van der Waals surface area contributed by atoms with E-state index in [0.717, 1.165) is 25.7 Å². The summed E-state index contributed by atoms with van der Waals surface area (Å²) in [4.78, 5) is 28.1. The van der Waals surface area contributed by atoms with Crippen molar-refractivity contribution in [2.45, 2.75) is 57.9 Å². The smallest absolute Gasteiger partial charge is 0.329 e. The van der Waals surface area contributed by atoms with E-state index in [2.05, 4.69) is 29.2 Å². The van der Waals surface area contributed by atoms with E-state index in [4.69, 9.17) is 0 Å².